The molecule has 0 fully saturated rings. The molecule has 0 aliphatic carbocycles. The van der Waals surface area contributed by atoms with Crippen LogP contribution in [0.15, 0.2) is 42.6 Å². The first-order valence-corrected chi connectivity index (χ1v) is 5.65. The van der Waals surface area contributed by atoms with Gasteiger partial charge in [0.1, 0.15) is 5.75 Å². The number of ether oxygens (including phenoxy) is 1. The molecule has 0 saturated carbocycles. The number of nitrogens with one attached hydrogen (secondary N) is 1. The van der Waals surface area contributed by atoms with Crippen LogP contribution in [0.5, 0.6) is 11.5 Å². The number of carbonyl (C=O) groups excluding carboxylic acids is 2. The molecule has 2 rings (SSSR count). The van der Waals surface area contributed by atoms with Crippen molar-refractivity contribution in [2.45, 2.75) is 0 Å². The Balaban J connectivity index is 2.18. The second-order valence-corrected chi connectivity index (χ2v) is 3.83. The fourth-order valence-corrected chi connectivity index (χ4v) is 1.53. The second-order valence-electron chi connectivity index (χ2n) is 3.83. The molecule has 5 N–H and O–H groups in total. The van der Waals surface area contributed by atoms with Crippen molar-refractivity contribution < 1.29 is 14.3 Å². The summed E-state index contributed by atoms with van der Waals surface area (Å²) < 4.78 is 5.52. The van der Waals surface area contributed by atoms with Crippen molar-refractivity contribution in [3.8, 4) is 11.5 Å². The summed E-state index contributed by atoms with van der Waals surface area (Å²) in [6, 6.07) is 9.02. The summed E-state index contributed by atoms with van der Waals surface area (Å²) in [5.74, 6) is 0.0544. The van der Waals surface area contributed by atoms with E-state index in [1.165, 1.54) is 6.20 Å². The van der Waals surface area contributed by atoms with Crippen molar-refractivity contribution >= 4 is 17.6 Å². The topological polar surface area (TPSA) is 120 Å². The highest BCUT2D eigenvalue weighted by Crippen LogP contribution is 2.24. The summed E-state index contributed by atoms with van der Waals surface area (Å²) in [5, 5.41) is 2.42. The normalized spacial score (nSPS) is 9.80. The number of urea groups is 1. The zero-order valence-corrected chi connectivity index (χ0v) is 10.4. The molecular formula is C13H12N4O3. The van der Waals surface area contributed by atoms with Gasteiger partial charge in [-0.1, -0.05) is 0 Å². The Morgan fingerprint density at radius 1 is 1.10 bits per heavy atom. The summed E-state index contributed by atoms with van der Waals surface area (Å²) in [4.78, 5) is 25.7. The van der Waals surface area contributed by atoms with Crippen LogP contribution in [-0.2, 0) is 0 Å². The smallest absolute Gasteiger partial charge is 0.316 e. The van der Waals surface area contributed by atoms with Gasteiger partial charge in [-0.15, -0.1) is 0 Å². The van der Waals surface area contributed by atoms with Crippen molar-refractivity contribution in [1.29, 1.82) is 0 Å². The number of rotatable bonds is 4. The lowest BCUT2D eigenvalue weighted by molar-refractivity contribution is 0.0993. The van der Waals surface area contributed by atoms with E-state index in [1.807, 2.05) is 0 Å². The fraction of sp³-hybridized carbons (Fsp3) is 0. The van der Waals surface area contributed by atoms with Crippen LogP contribution in [0.1, 0.15) is 10.5 Å². The number of nitrogens with two attached hydrogens (primary N) is 2. The van der Waals surface area contributed by atoms with Gasteiger partial charge in [0.25, 0.3) is 5.91 Å². The van der Waals surface area contributed by atoms with Gasteiger partial charge in [0.05, 0.1) is 0 Å². The van der Waals surface area contributed by atoms with Crippen molar-refractivity contribution in [1.82, 2.24) is 4.98 Å². The van der Waals surface area contributed by atoms with Crippen LogP contribution >= 0.6 is 0 Å². The van der Waals surface area contributed by atoms with E-state index in [9.17, 15) is 9.59 Å². The molecule has 7 nitrogen and oxygen atoms in total. The minimum absolute atomic E-state index is 0.0480. The summed E-state index contributed by atoms with van der Waals surface area (Å²) in [6.45, 7) is 0. The van der Waals surface area contributed by atoms with Crippen LogP contribution in [0, 0.1) is 0 Å². The van der Waals surface area contributed by atoms with Crippen molar-refractivity contribution in [3.05, 3.63) is 48.3 Å². The minimum atomic E-state index is -0.674. The molecule has 0 radical (unpaired) electrons. The maximum absolute atomic E-state index is 11.2. The molecule has 0 aliphatic rings. The number of pyridine rings is 1. The van der Waals surface area contributed by atoms with E-state index in [4.69, 9.17) is 16.2 Å². The molecule has 2 aromatic rings. The van der Waals surface area contributed by atoms with Gasteiger partial charge in [-0.3, -0.25) is 4.79 Å². The molecule has 0 aliphatic heterocycles. The fourth-order valence-electron chi connectivity index (χ4n) is 1.53. The third-order valence-corrected chi connectivity index (χ3v) is 2.35. The molecule has 7 heteroatoms. The molecule has 20 heavy (non-hydrogen) atoms. The average Bonchev–Trinajstić information content (AvgIpc) is 2.41. The number of nitrogens with zero attached hydrogens (tertiary/aromatic N) is 1. The number of benzene rings is 1. The molecule has 1 heterocycles. The van der Waals surface area contributed by atoms with Gasteiger partial charge < -0.3 is 21.5 Å². The first-order chi connectivity index (χ1) is 9.56. The van der Waals surface area contributed by atoms with Gasteiger partial charge in [-0.2, -0.15) is 0 Å². The van der Waals surface area contributed by atoms with Gasteiger partial charge >= 0.3 is 6.03 Å². The highest BCUT2D eigenvalue weighted by molar-refractivity contribution is 5.93. The maximum Gasteiger partial charge on any atom is 0.316 e. The number of primary amides is 2. The lowest BCUT2D eigenvalue weighted by Crippen LogP contribution is -2.19. The summed E-state index contributed by atoms with van der Waals surface area (Å²) in [7, 11) is 0. The minimum Gasteiger partial charge on any atom is -0.455 e. The average molecular weight is 272 g/mol. The summed E-state index contributed by atoms with van der Waals surface area (Å²) >= 11 is 0. The second kappa shape index (κ2) is 5.70. The van der Waals surface area contributed by atoms with Crippen molar-refractivity contribution in [3.63, 3.8) is 0 Å². The first-order valence-electron chi connectivity index (χ1n) is 5.65. The largest absolute Gasteiger partial charge is 0.455 e. The van der Waals surface area contributed by atoms with E-state index in [0.717, 1.165) is 0 Å². The Morgan fingerprint density at radius 2 is 1.80 bits per heavy atom. The number of hydrogen-bond acceptors (Lipinski definition) is 4. The predicted molar refractivity (Wildman–Crippen MR) is 72.5 cm³/mol. The number of carbonyl (C=O) groups is 2. The highest BCUT2D eigenvalue weighted by atomic mass is 16.5. The van der Waals surface area contributed by atoms with Crippen molar-refractivity contribution in [2.24, 2.45) is 11.5 Å². The SMILES string of the molecule is NC(=O)Nc1ccc(Oc2cccnc2C(N)=O)cc1. The molecule has 0 saturated heterocycles. The van der Waals surface area contributed by atoms with Crippen LogP contribution in [0.2, 0.25) is 0 Å². The van der Waals surface area contributed by atoms with Crippen LogP contribution in [0.25, 0.3) is 0 Å². The Labute approximate surface area is 114 Å². The standard InChI is InChI=1S/C13H12N4O3/c14-12(18)11-10(2-1-7-16-11)20-9-5-3-8(4-6-9)17-13(15)19/h1-7H,(H2,14,18)(H3,15,17,19). The Hall–Kier alpha value is -3.09. The molecule has 0 atom stereocenters. The van der Waals surface area contributed by atoms with Gasteiger partial charge in [0.2, 0.25) is 0 Å². The zero-order chi connectivity index (χ0) is 14.5. The quantitative estimate of drug-likeness (QED) is 0.780. The van der Waals surface area contributed by atoms with Crippen LogP contribution in [0.4, 0.5) is 10.5 Å². The van der Waals surface area contributed by atoms with E-state index in [2.05, 4.69) is 10.3 Å². The Morgan fingerprint density at radius 3 is 2.40 bits per heavy atom. The predicted octanol–water partition coefficient (Wildman–Crippen LogP) is 1.46. The number of hydrogen-bond donors (Lipinski definition) is 3. The molecule has 102 valence electrons. The third-order valence-electron chi connectivity index (χ3n) is 2.35. The maximum atomic E-state index is 11.2. The lowest BCUT2D eigenvalue weighted by Gasteiger charge is -2.09. The van der Waals surface area contributed by atoms with Gasteiger partial charge in [0, 0.05) is 11.9 Å². The molecule has 1 aromatic heterocycles. The molecule has 3 amide bonds. The molecule has 1 aromatic carbocycles. The number of aromatic nitrogens is 1. The number of anilines is 1. The molecule has 0 spiro atoms. The summed E-state index contributed by atoms with van der Waals surface area (Å²) in [6.07, 6.45) is 1.45. The van der Waals surface area contributed by atoms with E-state index in [1.54, 1.807) is 36.4 Å². The monoisotopic (exact) mass is 272 g/mol. The summed E-state index contributed by atoms with van der Waals surface area (Å²) in [5.41, 5.74) is 10.8. The van der Waals surface area contributed by atoms with E-state index in [-0.39, 0.29) is 11.4 Å². The van der Waals surface area contributed by atoms with Crippen molar-refractivity contribution in [2.75, 3.05) is 5.32 Å². The first kappa shape index (κ1) is 13.3. The lowest BCUT2D eigenvalue weighted by atomic mass is 10.3. The van der Waals surface area contributed by atoms with E-state index < -0.39 is 11.9 Å². The molecule has 0 unspecified atom stereocenters. The van der Waals surface area contributed by atoms with Crippen LogP contribution < -0.4 is 21.5 Å². The number of amides is 3. The molecule has 0 bridgehead atoms. The van der Waals surface area contributed by atoms with E-state index >= 15 is 0 Å². The van der Waals surface area contributed by atoms with Gasteiger partial charge in [-0.25, -0.2) is 9.78 Å². The Bertz CT molecular complexity index is 640. The third kappa shape index (κ3) is 3.22. The highest BCUT2D eigenvalue weighted by Gasteiger charge is 2.11. The van der Waals surface area contributed by atoms with Crippen LogP contribution in [-0.4, -0.2) is 16.9 Å². The van der Waals surface area contributed by atoms with Gasteiger partial charge in [0.15, 0.2) is 11.4 Å². The van der Waals surface area contributed by atoms with Crippen LogP contribution in [0.3, 0.4) is 0 Å². The van der Waals surface area contributed by atoms with Gasteiger partial charge in [-0.05, 0) is 36.4 Å². The zero-order valence-electron chi connectivity index (χ0n) is 10.4. The Kier molecular flexibility index (Phi) is 3.80. The molecular weight excluding hydrogens is 260 g/mol. The van der Waals surface area contributed by atoms with E-state index in [0.29, 0.717) is 11.4 Å².